The first kappa shape index (κ1) is 19.6. The van der Waals surface area contributed by atoms with Gasteiger partial charge in [-0.3, -0.25) is 4.79 Å². The van der Waals surface area contributed by atoms with Crippen molar-refractivity contribution < 1.29 is 13.2 Å². The second kappa shape index (κ2) is 7.61. The van der Waals surface area contributed by atoms with E-state index in [0.29, 0.717) is 32.7 Å². The van der Waals surface area contributed by atoms with E-state index in [4.69, 9.17) is 4.98 Å². The van der Waals surface area contributed by atoms with Crippen LogP contribution in [0, 0.1) is 12.8 Å². The van der Waals surface area contributed by atoms with E-state index in [1.54, 1.807) is 11.3 Å². The third-order valence-electron chi connectivity index (χ3n) is 5.59. The number of aromatic nitrogens is 1. The molecule has 4 rings (SSSR count). The van der Waals surface area contributed by atoms with Gasteiger partial charge in [-0.05, 0) is 37.5 Å². The van der Waals surface area contributed by atoms with Gasteiger partial charge in [0.15, 0.2) is 5.13 Å². The smallest absolute Gasteiger partial charge is 0.227 e. The molecule has 9 heteroatoms. The number of hydrogen-bond donors (Lipinski definition) is 0. The molecule has 1 aromatic carbocycles. The third kappa shape index (κ3) is 4.01. The number of sulfonamides is 1. The van der Waals surface area contributed by atoms with E-state index in [1.165, 1.54) is 20.8 Å². The number of aryl methyl sites for hydroxylation is 1. The molecule has 1 atom stereocenters. The molecule has 1 unspecified atom stereocenters. The van der Waals surface area contributed by atoms with E-state index in [9.17, 15) is 13.2 Å². The van der Waals surface area contributed by atoms with E-state index in [-0.39, 0.29) is 11.8 Å². The molecule has 2 aromatic rings. The lowest BCUT2D eigenvalue weighted by Gasteiger charge is -2.38. The fourth-order valence-electron chi connectivity index (χ4n) is 4.01. The van der Waals surface area contributed by atoms with E-state index in [1.807, 2.05) is 4.90 Å². The van der Waals surface area contributed by atoms with E-state index in [2.05, 4.69) is 30.0 Å². The Bertz CT molecular complexity index is 980. The molecular formula is C19H26N4O3S2. The minimum absolute atomic E-state index is 0.0488. The highest BCUT2D eigenvalue weighted by atomic mass is 32.2. The van der Waals surface area contributed by atoms with Crippen molar-refractivity contribution in [3.8, 4) is 0 Å². The van der Waals surface area contributed by atoms with Crippen molar-refractivity contribution in [1.29, 1.82) is 0 Å². The topological polar surface area (TPSA) is 73.8 Å². The Morgan fingerprint density at radius 3 is 2.64 bits per heavy atom. The highest BCUT2D eigenvalue weighted by Crippen LogP contribution is 2.32. The largest absolute Gasteiger partial charge is 0.347 e. The van der Waals surface area contributed by atoms with Crippen LogP contribution < -0.4 is 4.90 Å². The Morgan fingerprint density at radius 1 is 1.18 bits per heavy atom. The number of carbonyl (C=O) groups is 1. The molecule has 0 spiro atoms. The summed E-state index contributed by atoms with van der Waals surface area (Å²) in [7, 11) is -3.18. The normalized spacial score (nSPS) is 22.0. The fraction of sp³-hybridized carbons (Fsp3) is 0.579. The molecule has 28 heavy (non-hydrogen) atoms. The second-order valence-corrected chi connectivity index (χ2v) is 10.7. The van der Waals surface area contributed by atoms with Crippen molar-refractivity contribution in [3.05, 3.63) is 23.8 Å². The number of thiazole rings is 1. The molecule has 0 N–H and O–H groups in total. The summed E-state index contributed by atoms with van der Waals surface area (Å²) < 4.78 is 26.0. The molecule has 0 radical (unpaired) electrons. The molecule has 2 aliphatic rings. The van der Waals surface area contributed by atoms with Crippen LogP contribution in [0.1, 0.15) is 18.4 Å². The number of amides is 1. The average molecular weight is 423 g/mol. The number of piperazine rings is 1. The van der Waals surface area contributed by atoms with E-state index < -0.39 is 10.0 Å². The van der Waals surface area contributed by atoms with Gasteiger partial charge >= 0.3 is 0 Å². The Hall–Kier alpha value is -1.71. The maximum atomic E-state index is 13.0. The Labute approximate surface area is 170 Å². The lowest BCUT2D eigenvalue weighted by Crippen LogP contribution is -2.53. The van der Waals surface area contributed by atoms with Crippen LogP contribution in [-0.2, 0) is 14.8 Å². The summed E-state index contributed by atoms with van der Waals surface area (Å²) in [6, 6.07) is 6.29. The molecule has 1 aromatic heterocycles. The summed E-state index contributed by atoms with van der Waals surface area (Å²) in [4.78, 5) is 21.9. The molecule has 2 saturated heterocycles. The molecule has 0 saturated carbocycles. The number of hydrogen-bond acceptors (Lipinski definition) is 6. The zero-order chi connectivity index (χ0) is 19.9. The predicted molar refractivity (Wildman–Crippen MR) is 112 cm³/mol. The van der Waals surface area contributed by atoms with Crippen molar-refractivity contribution >= 4 is 42.6 Å². The quantitative estimate of drug-likeness (QED) is 0.756. The molecule has 0 bridgehead atoms. The second-order valence-electron chi connectivity index (χ2n) is 7.74. The molecule has 152 valence electrons. The van der Waals surface area contributed by atoms with Gasteiger partial charge in [-0.1, -0.05) is 17.4 Å². The monoisotopic (exact) mass is 422 g/mol. The van der Waals surface area contributed by atoms with Gasteiger partial charge in [0.25, 0.3) is 0 Å². The number of benzene rings is 1. The predicted octanol–water partition coefficient (Wildman–Crippen LogP) is 1.92. The highest BCUT2D eigenvalue weighted by molar-refractivity contribution is 7.88. The van der Waals surface area contributed by atoms with Gasteiger partial charge in [0.05, 0.1) is 22.4 Å². The summed E-state index contributed by atoms with van der Waals surface area (Å²) >= 11 is 1.69. The summed E-state index contributed by atoms with van der Waals surface area (Å²) in [5, 5.41) is 0.986. The number of fused-ring (bicyclic) bond motifs is 1. The zero-order valence-corrected chi connectivity index (χ0v) is 17.9. The molecule has 2 fully saturated rings. The average Bonchev–Trinajstić information content (AvgIpc) is 3.10. The lowest BCUT2D eigenvalue weighted by molar-refractivity contribution is -0.137. The fourth-order valence-corrected chi connectivity index (χ4v) is 5.93. The first-order valence-electron chi connectivity index (χ1n) is 9.67. The standard InChI is InChI=1S/C19H26N4O3S2/c1-14-5-6-16-17(12-14)27-19(20-16)22-7-3-4-15(13-22)18(24)21-8-10-23(11-9-21)28(2,25)26/h5-6,12,15H,3-4,7-11,13H2,1-2H3. The minimum Gasteiger partial charge on any atom is -0.347 e. The van der Waals surface area contributed by atoms with Gasteiger partial charge < -0.3 is 9.80 Å². The maximum Gasteiger partial charge on any atom is 0.227 e. The van der Waals surface area contributed by atoms with Gasteiger partial charge in [-0.25, -0.2) is 13.4 Å². The summed E-state index contributed by atoms with van der Waals surface area (Å²) in [6.45, 7) is 5.41. The van der Waals surface area contributed by atoms with Crippen LogP contribution in [0.5, 0.6) is 0 Å². The Morgan fingerprint density at radius 2 is 1.93 bits per heavy atom. The summed E-state index contributed by atoms with van der Waals surface area (Å²) in [5.74, 6) is 0.0992. The molecule has 1 amide bonds. The number of anilines is 1. The Kier molecular flexibility index (Phi) is 5.32. The van der Waals surface area contributed by atoms with Gasteiger partial charge in [-0.2, -0.15) is 4.31 Å². The summed E-state index contributed by atoms with van der Waals surface area (Å²) in [5.41, 5.74) is 2.23. The lowest BCUT2D eigenvalue weighted by atomic mass is 9.96. The number of piperidine rings is 1. The number of carbonyl (C=O) groups excluding carboxylic acids is 1. The molecule has 2 aliphatic heterocycles. The highest BCUT2D eigenvalue weighted by Gasteiger charge is 2.33. The van der Waals surface area contributed by atoms with Gasteiger partial charge in [0, 0.05) is 39.3 Å². The van der Waals surface area contributed by atoms with Crippen LogP contribution in [0.3, 0.4) is 0 Å². The van der Waals surface area contributed by atoms with Crippen LogP contribution in [0.25, 0.3) is 10.2 Å². The maximum absolute atomic E-state index is 13.0. The van der Waals surface area contributed by atoms with Crippen LogP contribution in [0.4, 0.5) is 5.13 Å². The first-order valence-corrected chi connectivity index (χ1v) is 12.3. The van der Waals surface area contributed by atoms with Gasteiger partial charge in [0.2, 0.25) is 15.9 Å². The van der Waals surface area contributed by atoms with Crippen LogP contribution in [0.2, 0.25) is 0 Å². The van der Waals surface area contributed by atoms with E-state index >= 15 is 0 Å². The number of nitrogens with zero attached hydrogens (tertiary/aromatic N) is 4. The van der Waals surface area contributed by atoms with Crippen LogP contribution in [0.15, 0.2) is 18.2 Å². The van der Waals surface area contributed by atoms with Gasteiger partial charge in [-0.15, -0.1) is 0 Å². The van der Waals surface area contributed by atoms with Crippen LogP contribution in [-0.4, -0.2) is 74.0 Å². The first-order chi connectivity index (χ1) is 13.3. The molecule has 0 aliphatic carbocycles. The van der Waals surface area contributed by atoms with Gasteiger partial charge in [0.1, 0.15) is 0 Å². The molecule has 7 nitrogen and oxygen atoms in total. The molecular weight excluding hydrogens is 396 g/mol. The SMILES string of the molecule is Cc1ccc2nc(N3CCCC(C(=O)N4CCN(S(C)(=O)=O)CC4)C3)sc2c1. The van der Waals surface area contributed by atoms with Crippen molar-refractivity contribution in [2.75, 3.05) is 50.4 Å². The third-order valence-corrected chi connectivity index (χ3v) is 7.98. The van der Waals surface area contributed by atoms with E-state index in [0.717, 1.165) is 30.0 Å². The van der Waals surface area contributed by atoms with Crippen LogP contribution >= 0.6 is 11.3 Å². The zero-order valence-electron chi connectivity index (χ0n) is 16.3. The van der Waals surface area contributed by atoms with Crippen molar-refractivity contribution in [1.82, 2.24) is 14.2 Å². The Balaban J connectivity index is 1.42. The molecule has 3 heterocycles. The minimum atomic E-state index is -3.18. The van der Waals surface area contributed by atoms with Crippen molar-refractivity contribution in [2.24, 2.45) is 5.92 Å². The van der Waals surface area contributed by atoms with Crippen molar-refractivity contribution in [2.45, 2.75) is 19.8 Å². The number of rotatable bonds is 3. The van der Waals surface area contributed by atoms with Crippen molar-refractivity contribution in [3.63, 3.8) is 0 Å². The summed E-state index contributed by atoms with van der Waals surface area (Å²) in [6.07, 6.45) is 3.07.